The van der Waals surface area contributed by atoms with E-state index in [2.05, 4.69) is 26.2 Å². The standard InChI is InChI=1S/C14H11BrN2O3/c1-8-5-9(15)7-10(6-8)16-13(18)11-3-2-4-12(17-11)14(19)20/h2-7H,1H3,(H,16,18)(H,19,20). The molecular weight excluding hydrogens is 324 g/mol. The zero-order valence-corrected chi connectivity index (χ0v) is 12.1. The minimum atomic E-state index is -1.17. The molecule has 1 heterocycles. The summed E-state index contributed by atoms with van der Waals surface area (Å²) in [5, 5.41) is 11.5. The molecule has 2 N–H and O–H groups in total. The maximum atomic E-state index is 12.0. The van der Waals surface area contributed by atoms with Crippen LogP contribution < -0.4 is 5.32 Å². The number of hydrogen-bond acceptors (Lipinski definition) is 3. The first-order chi connectivity index (χ1) is 9.45. The van der Waals surface area contributed by atoms with Gasteiger partial charge in [-0.2, -0.15) is 0 Å². The minimum Gasteiger partial charge on any atom is -0.477 e. The SMILES string of the molecule is Cc1cc(Br)cc(NC(=O)c2cccc(C(=O)O)n2)c1. The maximum absolute atomic E-state index is 12.0. The van der Waals surface area contributed by atoms with Crippen molar-refractivity contribution in [3.05, 3.63) is 57.8 Å². The van der Waals surface area contributed by atoms with Crippen molar-refractivity contribution in [3.63, 3.8) is 0 Å². The number of anilines is 1. The molecule has 0 bridgehead atoms. The molecule has 1 amide bonds. The van der Waals surface area contributed by atoms with Crippen molar-refractivity contribution in [2.75, 3.05) is 5.32 Å². The number of rotatable bonds is 3. The van der Waals surface area contributed by atoms with E-state index in [1.165, 1.54) is 18.2 Å². The minimum absolute atomic E-state index is 0.0579. The molecule has 0 aliphatic heterocycles. The van der Waals surface area contributed by atoms with E-state index in [0.29, 0.717) is 5.69 Å². The predicted octanol–water partition coefficient (Wildman–Crippen LogP) is 3.10. The highest BCUT2D eigenvalue weighted by Crippen LogP contribution is 2.19. The zero-order chi connectivity index (χ0) is 14.7. The van der Waals surface area contributed by atoms with Crippen molar-refractivity contribution in [1.82, 2.24) is 4.98 Å². The van der Waals surface area contributed by atoms with Gasteiger partial charge in [0, 0.05) is 10.2 Å². The lowest BCUT2D eigenvalue weighted by Gasteiger charge is -2.07. The molecule has 1 aromatic heterocycles. The number of carbonyl (C=O) groups is 2. The fraction of sp³-hybridized carbons (Fsp3) is 0.0714. The van der Waals surface area contributed by atoms with Crippen molar-refractivity contribution in [2.24, 2.45) is 0 Å². The molecule has 0 aliphatic rings. The van der Waals surface area contributed by atoms with Crippen molar-refractivity contribution >= 4 is 33.5 Å². The summed E-state index contributed by atoms with van der Waals surface area (Å²) in [6.45, 7) is 1.91. The Balaban J connectivity index is 2.23. The molecule has 0 fully saturated rings. The van der Waals surface area contributed by atoms with E-state index in [4.69, 9.17) is 5.11 Å². The highest BCUT2D eigenvalue weighted by Gasteiger charge is 2.11. The second-order valence-electron chi connectivity index (χ2n) is 4.18. The van der Waals surface area contributed by atoms with Crippen molar-refractivity contribution in [1.29, 1.82) is 0 Å². The van der Waals surface area contributed by atoms with Gasteiger partial charge in [-0.3, -0.25) is 4.79 Å². The second-order valence-corrected chi connectivity index (χ2v) is 5.10. The van der Waals surface area contributed by atoms with Crippen molar-refractivity contribution in [3.8, 4) is 0 Å². The first-order valence-corrected chi connectivity index (χ1v) is 6.54. The number of nitrogens with one attached hydrogen (secondary N) is 1. The first-order valence-electron chi connectivity index (χ1n) is 5.74. The Morgan fingerprint density at radius 2 is 1.90 bits per heavy atom. The Kier molecular flexibility index (Phi) is 4.14. The van der Waals surface area contributed by atoms with E-state index < -0.39 is 11.9 Å². The summed E-state index contributed by atoms with van der Waals surface area (Å²) >= 11 is 3.35. The van der Waals surface area contributed by atoms with Crippen LogP contribution in [0.5, 0.6) is 0 Å². The molecule has 0 atom stereocenters. The monoisotopic (exact) mass is 334 g/mol. The number of carboxylic acids is 1. The summed E-state index contributed by atoms with van der Waals surface area (Å²) in [6.07, 6.45) is 0. The number of halogens is 1. The van der Waals surface area contributed by atoms with Gasteiger partial charge in [0.05, 0.1) is 0 Å². The summed E-state index contributed by atoms with van der Waals surface area (Å²) in [6, 6.07) is 9.76. The van der Waals surface area contributed by atoms with Crippen LogP contribution >= 0.6 is 15.9 Å². The van der Waals surface area contributed by atoms with E-state index >= 15 is 0 Å². The van der Waals surface area contributed by atoms with Gasteiger partial charge in [0.1, 0.15) is 11.4 Å². The van der Waals surface area contributed by atoms with E-state index in [1.807, 2.05) is 19.1 Å². The number of benzene rings is 1. The van der Waals surface area contributed by atoms with Crippen LogP contribution in [0.2, 0.25) is 0 Å². The second kappa shape index (κ2) is 5.83. The molecule has 0 spiro atoms. The van der Waals surface area contributed by atoms with Gasteiger partial charge in [0.25, 0.3) is 5.91 Å². The number of hydrogen-bond donors (Lipinski definition) is 2. The number of nitrogens with zero attached hydrogens (tertiary/aromatic N) is 1. The number of amides is 1. The molecular formula is C14H11BrN2O3. The molecule has 20 heavy (non-hydrogen) atoms. The molecule has 0 unspecified atom stereocenters. The number of aromatic nitrogens is 1. The third-order valence-electron chi connectivity index (χ3n) is 2.50. The van der Waals surface area contributed by atoms with Gasteiger partial charge in [-0.15, -0.1) is 0 Å². The molecule has 5 nitrogen and oxygen atoms in total. The van der Waals surface area contributed by atoms with Gasteiger partial charge >= 0.3 is 5.97 Å². The quantitative estimate of drug-likeness (QED) is 0.903. The molecule has 1 aromatic carbocycles. The summed E-state index contributed by atoms with van der Waals surface area (Å²) in [7, 11) is 0. The van der Waals surface area contributed by atoms with Gasteiger partial charge < -0.3 is 10.4 Å². The topological polar surface area (TPSA) is 79.3 Å². The number of carbonyl (C=O) groups excluding carboxylic acids is 1. The van der Waals surface area contributed by atoms with Gasteiger partial charge in [-0.1, -0.05) is 22.0 Å². The molecule has 102 valence electrons. The Morgan fingerprint density at radius 3 is 2.55 bits per heavy atom. The molecule has 0 saturated carbocycles. The van der Waals surface area contributed by atoms with E-state index in [9.17, 15) is 9.59 Å². The summed E-state index contributed by atoms with van der Waals surface area (Å²) < 4.78 is 0.847. The number of aromatic carboxylic acids is 1. The van der Waals surface area contributed by atoms with Crippen LogP contribution in [0.4, 0.5) is 5.69 Å². The third kappa shape index (κ3) is 3.42. The summed E-state index contributed by atoms with van der Waals surface area (Å²) in [5.74, 6) is -1.62. The third-order valence-corrected chi connectivity index (χ3v) is 2.96. The van der Waals surface area contributed by atoms with Crippen LogP contribution in [0.15, 0.2) is 40.9 Å². The molecule has 2 rings (SSSR count). The lowest BCUT2D eigenvalue weighted by Crippen LogP contribution is -2.15. The van der Waals surface area contributed by atoms with Crippen molar-refractivity contribution in [2.45, 2.75) is 6.92 Å². The van der Waals surface area contributed by atoms with Gasteiger partial charge in [0.2, 0.25) is 0 Å². The molecule has 0 aliphatic carbocycles. The average molecular weight is 335 g/mol. The highest BCUT2D eigenvalue weighted by molar-refractivity contribution is 9.10. The first kappa shape index (κ1) is 14.2. The van der Waals surface area contributed by atoms with E-state index in [1.54, 1.807) is 6.07 Å². The fourth-order valence-corrected chi connectivity index (χ4v) is 2.29. The lowest BCUT2D eigenvalue weighted by molar-refractivity contribution is 0.0690. The molecule has 2 aromatic rings. The Morgan fingerprint density at radius 1 is 1.20 bits per heavy atom. The normalized spacial score (nSPS) is 10.1. The van der Waals surface area contributed by atoms with Gasteiger partial charge in [-0.25, -0.2) is 9.78 Å². The average Bonchev–Trinajstić information content (AvgIpc) is 2.37. The molecule has 6 heteroatoms. The number of aryl methyl sites for hydroxylation is 1. The molecule has 0 radical (unpaired) electrons. The predicted molar refractivity (Wildman–Crippen MR) is 78.0 cm³/mol. The van der Waals surface area contributed by atoms with Crippen LogP contribution in [0.3, 0.4) is 0 Å². The Hall–Kier alpha value is -2.21. The largest absolute Gasteiger partial charge is 0.477 e. The van der Waals surface area contributed by atoms with E-state index in [-0.39, 0.29) is 11.4 Å². The van der Waals surface area contributed by atoms with E-state index in [0.717, 1.165) is 10.0 Å². The number of carboxylic acid groups (broad SMARTS) is 1. The van der Waals surface area contributed by atoms with Crippen LogP contribution in [-0.4, -0.2) is 22.0 Å². The van der Waals surface area contributed by atoms with Crippen LogP contribution in [-0.2, 0) is 0 Å². The van der Waals surface area contributed by atoms with Gasteiger partial charge in [0.15, 0.2) is 0 Å². The van der Waals surface area contributed by atoms with Crippen LogP contribution in [0.1, 0.15) is 26.5 Å². The van der Waals surface area contributed by atoms with Crippen molar-refractivity contribution < 1.29 is 14.7 Å². The van der Waals surface area contributed by atoms with Crippen LogP contribution in [0, 0.1) is 6.92 Å². The lowest BCUT2D eigenvalue weighted by atomic mass is 10.2. The fourth-order valence-electron chi connectivity index (χ4n) is 1.68. The highest BCUT2D eigenvalue weighted by atomic mass is 79.9. The zero-order valence-electron chi connectivity index (χ0n) is 10.6. The number of pyridine rings is 1. The smallest absolute Gasteiger partial charge is 0.354 e. The Labute approximate surface area is 123 Å². The summed E-state index contributed by atoms with van der Waals surface area (Å²) in [5.41, 5.74) is 1.50. The van der Waals surface area contributed by atoms with Crippen LogP contribution in [0.25, 0.3) is 0 Å². The van der Waals surface area contributed by atoms with Gasteiger partial charge in [-0.05, 0) is 42.8 Å². The molecule has 0 saturated heterocycles. The maximum Gasteiger partial charge on any atom is 0.354 e. The Bertz CT molecular complexity index is 666. The summed E-state index contributed by atoms with van der Waals surface area (Å²) in [4.78, 5) is 26.6.